The molecule has 0 spiro atoms. The summed E-state index contributed by atoms with van der Waals surface area (Å²) in [6, 6.07) is 11.9. The molecule has 31 heavy (non-hydrogen) atoms. The first-order chi connectivity index (χ1) is 15.0. The molecule has 1 atom stereocenters. The lowest BCUT2D eigenvalue weighted by atomic mass is 9.88. The molecule has 1 fully saturated rings. The van der Waals surface area contributed by atoms with Crippen molar-refractivity contribution in [3.63, 3.8) is 0 Å². The Bertz CT molecular complexity index is 988. The topological polar surface area (TPSA) is 88.5 Å². The van der Waals surface area contributed by atoms with Crippen LogP contribution in [0.4, 0.5) is 5.69 Å². The largest absolute Gasteiger partial charge is 0.493 e. The van der Waals surface area contributed by atoms with Crippen LogP contribution in [0.25, 0.3) is 0 Å². The van der Waals surface area contributed by atoms with E-state index in [0.29, 0.717) is 61.3 Å². The number of para-hydroxylation sites is 1. The summed E-state index contributed by atoms with van der Waals surface area (Å²) >= 11 is 0. The number of methoxy groups -OCH3 is 2. The summed E-state index contributed by atoms with van der Waals surface area (Å²) in [7, 11) is 3.00. The van der Waals surface area contributed by atoms with Crippen LogP contribution in [0.1, 0.15) is 22.3 Å². The van der Waals surface area contributed by atoms with Crippen LogP contribution in [0.3, 0.4) is 0 Å². The number of carbonyl (C=O) groups excluding carboxylic acids is 2. The molecule has 0 saturated carbocycles. The Balaban J connectivity index is 1.61. The number of nitrogens with zero attached hydrogens (tertiary/aromatic N) is 2. The number of rotatable bonds is 7. The molecule has 0 bridgehead atoms. The predicted octanol–water partition coefficient (Wildman–Crippen LogP) is 1.80. The standard InChI is InChI=1S/C23H26N2O6/c1-29-20-8-7-16(13-21(20)30-2)19(26)14-23(28)17-5-3-4-6-18(17)25(22(23)27)15-24-9-11-31-12-10-24/h3-8,13,28H,9-12,14-15H2,1-2H3/t23-/m1/s1. The van der Waals surface area contributed by atoms with Crippen molar-refractivity contribution >= 4 is 17.4 Å². The number of ketones is 1. The molecule has 0 aliphatic carbocycles. The van der Waals surface area contributed by atoms with Crippen LogP contribution in [-0.4, -0.2) is 68.9 Å². The Kier molecular flexibility index (Phi) is 5.95. The highest BCUT2D eigenvalue weighted by Crippen LogP contribution is 2.43. The van der Waals surface area contributed by atoms with Crippen molar-refractivity contribution in [2.45, 2.75) is 12.0 Å². The third kappa shape index (κ3) is 3.89. The van der Waals surface area contributed by atoms with Gasteiger partial charge in [0.15, 0.2) is 22.9 Å². The summed E-state index contributed by atoms with van der Waals surface area (Å²) in [5, 5.41) is 11.5. The maximum Gasteiger partial charge on any atom is 0.265 e. The first-order valence-electron chi connectivity index (χ1n) is 10.2. The number of hydrogen-bond donors (Lipinski definition) is 1. The average Bonchev–Trinajstić information content (AvgIpc) is 3.01. The number of aliphatic hydroxyl groups is 1. The van der Waals surface area contributed by atoms with Gasteiger partial charge in [-0.25, -0.2) is 0 Å². The molecule has 2 aliphatic heterocycles. The van der Waals surface area contributed by atoms with Gasteiger partial charge in [0, 0.05) is 24.2 Å². The molecule has 8 heteroatoms. The zero-order valence-electron chi connectivity index (χ0n) is 17.7. The fourth-order valence-corrected chi connectivity index (χ4v) is 4.10. The number of fused-ring (bicyclic) bond motifs is 1. The number of Topliss-reactive ketones (excluding diaryl/α,β-unsaturated/α-hetero) is 1. The zero-order chi connectivity index (χ0) is 22.0. The third-order valence-electron chi connectivity index (χ3n) is 5.81. The van der Waals surface area contributed by atoms with E-state index in [1.54, 1.807) is 41.3 Å². The number of amides is 1. The molecule has 2 aliphatic rings. The number of ether oxygens (including phenoxy) is 3. The zero-order valence-corrected chi connectivity index (χ0v) is 17.7. The van der Waals surface area contributed by atoms with E-state index in [2.05, 4.69) is 4.90 Å². The molecule has 0 radical (unpaired) electrons. The molecule has 2 aromatic rings. The van der Waals surface area contributed by atoms with Gasteiger partial charge in [-0.1, -0.05) is 18.2 Å². The van der Waals surface area contributed by atoms with E-state index in [1.807, 2.05) is 6.07 Å². The van der Waals surface area contributed by atoms with Crippen molar-refractivity contribution in [2.24, 2.45) is 0 Å². The normalized spacial score (nSPS) is 21.1. The first kappa shape index (κ1) is 21.3. The highest BCUT2D eigenvalue weighted by Gasteiger charge is 2.51. The predicted molar refractivity (Wildman–Crippen MR) is 114 cm³/mol. The van der Waals surface area contributed by atoms with E-state index in [1.165, 1.54) is 14.2 Å². The fourth-order valence-electron chi connectivity index (χ4n) is 4.10. The molecule has 1 amide bonds. The van der Waals surface area contributed by atoms with E-state index in [4.69, 9.17) is 14.2 Å². The highest BCUT2D eigenvalue weighted by atomic mass is 16.5. The summed E-state index contributed by atoms with van der Waals surface area (Å²) in [6.07, 6.45) is -0.363. The van der Waals surface area contributed by atoms with Crippen molar-refractivity contribution in [1.29, 1.82) is 0 Å². The monoisotopic (exact) mass is 426 g/mol. The van der Waals surface area contributed by atoms with Crippen LogP contribution in [0.2, 0.25) is 0 Å². The molecule has 0 aromatic heterocycles. The highest BCUT2D eigenvalue weighted by molar-refractivity contribution is 6.10. The fraction of sp³-hybridized carbons (Fsp3) is 0.391. The van der Waals surface area contributed by atoms with Crippen molar-refractivity contribution < 1.29 is 28.9 Å². The summed E-state index contributed by atoms with van der Waals surface area (Å²) < 4.78 is 15.9. The van der Waals surface area contributed by atoms with Crippen LogP contribution < -0.4 is 14.4 Å². The molecule has 0 unspecified atom stereocenters. The number of morpholine rings is 1. The van der Waals surface area contributed by atoms with E-state index in [-0.39, 0.29) is 12.2 Å². The van der Waals surface area contributed by atoms with Crippen molar-refractivity contribution in [3.8, 4) is 11.5 Å². The van der Waals surface area contributed by atoms with Crippen LogP contribution in [0.5, 0.6) is 11.5 Å². The first-order valence-corrected chi connectivity index (χ1v) is 10.2. The Hall–Kier alpha value is -2.94. The quantitative estimate of drug-likeness (QED) is 0.676. The van der Waals surface area contributed by atoms with Gasteiger partial charge in [-0.3, -0.25) is 19.4 Å². The van der Waals surface area contributed by atoms with Crippen LogP contribution in [0, 0.1) is 0 Å². The van der Waals surface area contributed by atoms with Gasteiger partial charge in [0.1, 0.15) is 0 Å². The second kappa shape index (κ2) is 8.66. The summed E-state index contributed by atoms with van der Waals surface area (Å²) in [5.74, 6) is 0.0537. The summed E-state index contributed by atoms with van der Waals surface area (Å²) in [4.78, 5) is 30.1. The second-order valence-corrected chi connectivity index (χ2v) is 7.65. The van der Waals surface area contributed by atoms with Gasteiger partial charge in [0.2, 0.25) is 0 Å². The van der Waals surface area contributed by atoms with Gasteiger partial charge >= 0.3 is 0 Å². The van der Waals surface area contributed by atoms with E-state index >= 15 is 0 Å². The molecule has 1 N–H and O–H groups in total. The van der Waals surface area contributed by atoms with Crippen molar-refractivity contribution in [2.75, 3.05) is 52.1 Å². The summed E-state index contributed by atoms with van der Waals surface area (Å²) in [5.41, 5.74) is -0.515. The third-order valence-corrected chi connectivity index (χ3v) is 5.81. The van der Waals surface area contributed by atoms with Gasteiger partial charge in [-0.05, 0) is 24.3 Å². The number of hydrogen-bond acceptors (Lipinski definition) is 7. The van der Waals surface area contributed by atoms with Gasteiger partial charge < -0.3 is 19.3 Å². The van der Waals surface area contributed by atoms with Crippen LogP contribution in [-0.2, 0) is 15.1 Å². The Morgan fingerprint density at radius 2 is 1.81 bits per heavy atom. The van der Waals surface area contributed by atoms with Gasteiger partial charge in [0.05, 0.1) is 46.2 Å². The van der Waals surface area contributed by atoms with E-state index in [0.717, 1.165) is 0 Å². The molecular weight excluding hydrogens is 400 g/mol. The molecule has 8 nitrogen and oxygen atoms in total. The smallest absolute Gasteiger partial charge is 0.265 e. The SMILES string of the molecule is COc1ccc(C(=O)C[C@]2(O)C(=O)N(CN3CCOCC3)c3ccccc32)cc1OC. The Labute approximate surface area is 180 Å². The summed E-state index contributed by atoms with van der Waals surface area (Å²) in [6.45, 7) is 2.95. The molecule has 1 saturated heterocycles. The average molecular weight is 426 g/mol. The minimum atomic E-state index is -1.92. The Morgan fingerprint density at radius 1 is 1.10 bits per heavy atom. The van der Waals surface area contributed by atoms with Gasteiger partial charge in [-0.2, -0.15) is 0 Å². The lowest BCUT2D eigenvalue weighted by molar-refractivity contribution is -0.136. The van der Waals surface area contributed by atoms with Crippen molar-refractivity contribution in [3.05, 3.63) is 53.6 Å². The lowest BCUT2D eigenvalue weighted by Crippen LogP contribution is -2.49. The molecular formula is C23H26N2O6. The van der Waals surface area contributed by atoms with Crippen LogP contribution in [0.15, 0.2) is 42.5 Å². The molecule has 164 valence electrons. The van der Waals surface area contributed by atoms with Gasteiger partial charge in [-0.15, -0.1) is 0 Å². The lowest BCUT2D eigenvalue weighted by Gasteiger charge is -2.31. The van der Waals surface area contributed by atoms with Gasteiger partial charge in [0.25, 0.3) is 5.91 Å². The van der Waals surface area contributed by atoms with E-state index < -0.39 is 11.5 Å². The number of carbonyl (C=O) groups is 2. The minimum absolute atomic E-state index is 0.336. The number of benzene rings is 2. The van der Waals surface area contributed by atoms with Crippen LogP contribution >= 0.6 is 0 Å². The minimum Gasteiger partial charge on any atom is -0.493 e. The second-order valence-electron chi connectivity index (χ2n) is 7.65. The maximum absolute atomic E-state index is 13.4. The molecule has 4 rings (SSSR count). The number of anilines is 1. The molecule has 2 aromatic carbocycles. The van der Waals surface area contributed by atoms with Crippen molar-refractivity contribution in [1.82, 2.24) is 4.90 Å². The Morgan fingerprint density at radius 3 is 2.52 bits per heavy atom. The maximum atomic E-state index is 13.4. The van der Waals surface area contributed by atoms with E-state index in [9.17, 15) is 14.7 Å². The molecule has 2 heterocycles.